The number of aromatic nitrogens is 2. The Morgan fingerprint density at radius 3 is 2.67 bits per heavy atom. The molecule has 7 heteroatoms. The van der Waals surface area contributed by atoms with Gasteiger partial charge in [-0.3, -0.25) is 9.97 Å². The van der Waals surface area contributed by atoms with Crippen LogP contribution in [0.15, 0.2) is 18.6 Å². The molecule has 1 unspecified atom stereocenters. The Morgan fingerprint density at radius 2 is 2.10 bits per heavy atom. The van der Waals surface area contributed by atoms with Crippen LogP contribution in [0.25, 0.3) is 0 Å². The average Bonchev–Trinajstić information content (AvgIpc) is 2.48. The first-order valence-electron chi connectivity index (χ1n) is 7.52. The molecule has 21 heavy (non-hydrogen) atoms. The number of rotatable bonds is 6. The SMILES string of the molecule is CCCS(=O)(=O)N1CCC(NC(C)c2cnccn2)CC1. The Hall–Kier alpha value is -1.05. The van der Waals surface area contributed by atoms with Gasteiger partial charge in [-0.05, 0) is 26.2 Å². The second kappa shape index (κ2) is 7.29. The Morgan fingerprint density at radius 1 is 1.38 bits per heavy atom. The minimum atomic E-state index is -3.05. The number of nitrogens with zero attached hydrogens (tertiary/aromatic N) is 3. The number of nitrogens with one attached hydrogen (secondary N) is 1. The maximum Gasteiger partial charge on any atom is 0.214 e. The maximum atomic E-state index is 12.0. The predicted octanol–water partition coefficient (Wildman–Crippen LogP) is 1.33. The van der Waals surface area contributed by atoms with Crippen molar-refractivity contribution in [1.29, 1.82) is 0 Å². The lowest BCUT2D eigenvalue weighted by Gasteiger charge is -2.33. The molecule has 0 spiro atoms. The molecule has 118 valence electrons. The van der Waals surface area contributed by atoms with E-state index in [1.165, 1.54) is 0 Å². The highest BCUT2D eigenvalue weighted by Crippen LogP contribution is 2.18. The second-order valence-corrected chi connectivity index (χ2v) is 7.60. The molecule has 1 aliphatic rings. The van der Waals surface area contributed by atoms with Gasteiger partial charge < -0.3 is 5.32 Å². The summed E-state index contributed by atoms with van der Waals surface area (Å²) in [4.78, 5) is 8.37. The number of hydrogen-bond acceptors (Lipinski definition) is 5. The molecule has 2 rings (SSSR count). The van der Waals surface area contributed by atoms with Crippen molar-refractivity contribution in [2.24, 2.45) is 0 Å². The molecule has 0 aromatic carbocycles. The summed E-state index contributed by atoms with van der Waals surface area (Å²) < 4.78 is 25.7. The van der Waals surface area contributed by atoms with Crippen LogP contribution in [0.2, 0.25) is 0 Å². The van der Waals surface area contributed by atoms with Crippen LogP contribution in [0.1, 0.15) is 44.8 Å². The van der Waals surface area contributed by atoms with E-state index in [2.05, 4.69) is 22.2 Å². The summed E-state index contributed by atoms with van der Waals surface area (Å²) in [5.74, 6) is 0.251. The van der Waals surface area contributed by atoms with Gasteiger partial charge in [-0.15, -0.1) is 0 Å². The number of piperidine rings is 1. The Labute approximate surface area is 127 Å². The van der Waals surface area contributed by atoms with Gasteiger partial charge in [0, 0.05) is 43.8 Å². The summed E-state index contributed by atoms with van der Waals surface area (Å²) in [6, 6.07) is 0.456. The van der Waals surface area contributed by atoms with Gasteiger partial charge in [-0.25, -0.2) is 12.7 Å². The van der Waals surface area contributed by atoms with Crippen LogP contribution in [-0.4, -0.2) is 47.6 Å². The minimum absolute atomic E-state index is 0.127. The van der Waals surface area contributed by atoms with Crippen LogP contribution in [0.4, 0.5) is 0 Å². The standard InChI is InChI=1S/C14H24N4O2S/c1-3-10-21(19,20)18-8-4-13(5-9-18)17-12(2)14-11-15-6-7-16-14/h6-7,11-13,17H,3-5,8-10H2,1-2H3. The summed E-state index contributed by atoms with van der Waals surface area (Å²) in [5, 5.41) is 3.52. The highest BCUT2D eigenvalue weighted by molar-refractivity contribution is 7.89. The smallest absolute Gasteiger partial charge is 0.214 e. The summed E-state index contributed by atoms with van der Waals surface area (Å²) in [7, 11) is -3.05. The molecular weight excluding hydrogens is 288 g/mol. The summed E-state index contributed by atoms with van der Waals surface area (Å²) in [5.41, 5.74) is 0.915. The van der Waals surface area contributed by atoms with E-state index < -0.39 is 10.0 Å². The van der Waals surface area contributed by atoms with Crippen molar-refractivity contribution in [3.05, 3.63) is 24.3 Å². The van der Waals surface area contributed by atoms with E-state index in [4.69, 9.17) is 0 Å². The van der Waals surface area contributed by atoms with Gasteiger partial charge in [0.2, 0.25) is 10.0 Å². The molecular formula is C14H24N4O2S. The molecule has 0 bridgehead atoms. The monoisotopic (exact) mass is 312 g/mol. The lowest BCUT2D eigenvalue weighted by Crippen LogP contribution is -2.46. The van der Waals surface area contributed by atoms with Crippen LogP contribution in [0.5, 0.6) is 0 Å². The van der Waals surface area contributed by atoms with Crippen LogP contribution >= 0.6 is 0 Å². The predicted molar refractivity (Wildman–Crippen MR) is 82.3 cm³/mol. The molecule has 0 saturated carbocycles. The van der Waals surface area contributed by atoms with Gasteiger partial charge in [0.25, 0.3) is 0 Å². The van der Waals surface area contributed by atoms with Gasteiger partial charge in [-0.2, -0.15) is 0 Å². The summed E-state index contributed by atoms with van der Waals surface area (Å²) in [6.45, 7) is 5.17. The quantitative estimate of drug-likeness (QED) is 0.858. The van der Waals surface area contributed by atoms with Crippen molar-refractivity contribution < 1.29 is 8.42 Å². The highest BCUT2D eigenvalue weighted by Gasteiger charge is 2.27. The minimum Gasteiger partial charge on any atom is -0.306 e. The third-order valence-electron chi connectivity index (χ3n) is 3.82. The van der Waals surface area contributed by atoms with E-state index in [1.807, 2.05) is 6.92 Å². The fourth-order valence-electron chi connectivity index (χ4n) is 2.66. The van der Waals surface area contributed by atoms with Gasteiger partial charge in [0.1, 0.15) is 0 Å². The molecule has 1 fully saturated rings. The largest absolute Gasteiger partial charge is 0.306 e. The van der Waals surface area contributed by atoms with Crippen molar-refractivity contribution in [3.63, 3.8) is 0 Å². The molecule has 1 saturated heterocycles. The van der Waals surface area contributed by atoms with Gasteiger partial charge in [-0.1, -0.05) is 6.92 Å². The molecule has 0 amide bonds. The summed E-state index contributed by atoms with van der Waals surface area (Å²) >= 11 is 0. The molecule has 2 heterocycles. The van der Waals surface area contributed by atoms with E-state index in [-0.39, 0.29) is 11.8 Å². The van der Waals surface area contributed by atoms with Gasteiger partial charge >= 0.3 is 0 Å². The molecule has 1 atom stereocenters. The molecule has 6 nitrogen and oxygen atoms in total. The zero-order chi connectivity index (χ0) is 15.3. The molecule has 0 radical (unpaired) electrons. The fourth-order valence-corrected chi connectivity index (χ4v) is 4.20. The van der Waals surface area contributed by atoms with Crippen LogP contribution in [0.3, 0.4) is 0 Å². The first kappa shape index (κ1) is 16.3. The Kier molecular flexibility index (Phi) is 5.66. The highest BCUT2D eigenvalue weighted by atomic mass is 32.2. The van der Waals surface area contributed by atoms with Gasteiger partial charge in [0.05, 0.1) is 11.4 Å². The van der Waals surface area contributed by atoms with Crippen molar-refractivity contribution in [2.45, 2.75) is 45.2 Å². The fraction of sp³-hybridized carbons (Fsp3) is 0.714. The maximum absolute atomic E-state index is 12.0. The van der Waals surface area contributed by atoms with Crippen LogP contribution < -0.4 is 5.32 Å². The van der Waals surface area contributed by atoms with Crippen molar-refractivity contribution in [1.82, 2.24) is 19.6 Å². The normalized spacial score (nSPS) is 19.5. The van der Waals surface area contributed by atoms with Crippen LogP contribution in [-0.2, 0) is 10.0 Å². The number of hydrogen-bond donors (Lipinski definition) is 1. The molecule has 1 aromatic heterocycles. The Balaban J connectivity index is 1.85. The summed E-state index contributed by atoms with van der Waals surface area (Å²) in [6.07, 6.45) is 7.46. The van der Waals surface area contributed by atoms with Gasteiger partial charge in [0.15, 0.2) is 0 Å². The molecule has 1 aliphatic heterocycles. The average molecular weight is 312 g/mol. The van der Waals surface area contributed by atoms with Crippen molar-refractivity contribution in [2.75, 3.05) is 18.8 Å². The molecule has 1 N–H and O–H groups in total. The number of sulfonamides is 1. The first-order chi connectivity index (χ1) is 10.0. The van der Waals surface area contributed by atoms with Crippen molar-refractivity contribution in [3.8, 4) is 0 Å². The third kappa shape index (κ3) is 4.46. The molecule has 1 aromatic rings. The van der Waals surface area contributed by atoms with Crippen molar-refractivity contribution >= 4 is 10.0 Å². The van der Waals surface area contributed by atoms with E-state index in [9.17, 15) is 8.42 Å². The zero-order valence-electron chi connectivity index (χ0n) is 12.7. The van der Waals surface area contributed by atoms with Crippen LogP contribution in [0, 0.1) is 0 Å². The van der Waals surface area contributed by atoms with E-state index >= 15 is 0 Å². The Bertz CT molecular complexity index is 527. The van der Waals surface area contributed by atoms with E-state index in [0.29, 0.717) is 25.6 Å². The van der Waals surface area contributed by atoms with E-state index in [0.717, 1.165) is 18.5 Å². The third-order valence-corrected chi connectivity index (χ3v) is 5.90. The van der Waals surface area contributed by atoms with E-state index in [1.54, 1.807) is 22.9 Å². The first-order valence-corrected chi connectivity index (χ1v) is 9.13. The second-order valence-electron chi connectivity index (χ2n) is 5.51. The lowest BCUT2D eigenvalue weighted by molar-refractivity contribution is 0.276. The zero-order valence-corrected chi connectivity index (χ0v) is 13.5. The topological polar surface area (TPSA) is 75.2 Å². The lowest BCUT2D eigenvalue weighted by atomic mass is 10.1. The molecule has 0 aliphatic carbocycles.